The number of benzene rings is 1. The zero-order valence-corrected chi connectivity index (χ0v) is 20.9. The highest BCUT2D eigenvalue weighted by Crippen LogP contribution is 2.31. The van der Waals surface area contributed by atoms with E-state index >= 15 is 0 Å². The highest BCUT2D eigenvalue weighted by molar-refractivity contribution is 8.00. The van der Waals surface area contributed by atoms with Gasteiger partial charge in [0.2, 0.25) is 5.91 Å². The molecule has 0 fully saturated rings. The molecule has 0 aliphatic rings. The van der Waals surface area contributed by atoms with Crippen LogP contribution in [0.4, 0.5) is 11.4 Å². The normalized spacial score (nSPS) is 11.6. The lowest BCUT2D eigenvalue weighted by Gasteiger charge is -2.19. The number of nitrogens with one attached hydrogen (secondary N) is 1. The first-order chi connectivity index (χ1) is 15.7. The molecule has 0 aliphatic carbocycles. The van der Waals surface area contributed by atoms with Gasteiger partial charge in [-0.05, 0) is 25.0 Å². The van der Waals surface area contributed by atoms with E-state index in [2.05, 4.69) is 15.3 Å². The van der Waals surface area contributed by atoms with Gasteiger partial charge in [0.15, 0.2) is 5.65 Å². The molecule has 12 heteroatoms. The number of aryl methyl sites for hydroxylation is 2. The second-order valence-electron chi connectivity index (χ2n) is 9.00. The summed E-state index contributed by atoms with van der Waals surface area (Å²) in [6, 6.07) is 2.97. The number of aromatic nitrogens is 4. The molecule has 0 unspecified atom stereocenters. The zero-order chi connectivity index (χ0) is 25.5. The van der Waals surface area contributed by atoms with Crippen LogP contribution in [0.3, 0.4) is 0 Å². The van der Waals surface area contributed by atoms with Gasteiger partial charge in [0.05, 0.1) is 10.7 Å². The van der Waals surface area contributed by atoms with Crippen LogP contribution in [0.15, 0.2) is 26.7 Å². The molecule has 0 spiro atoms. The molecule has 0 atom stereocenters. The van der Waals surface area contributed by atoms with Crippen molar-refractivity contribution in [1.82, 2.24) is 19.1 Å². The Balaban J connectivity index is 2.04. The Kier molecular flexibility index (Phi) is 6.65. The lowest BCUT2D eigenvalue weighted by molar-refractivity contribution is -0.384. The molecule has 180 valence electrons. The van der Waals surface area contributed by atoms with Crippen molar-refractivity contribution < 1.29 is 9.72 Å². The molecule has 0 saturated carbocycles. The molecule has 0 saturated heterocycles. The first-order valence-electron chi connectivity index (χ1n) is 10.4. The summed E-state index contributed by atoms with van der Waals surface area (Å²) >= 11 is 1.01. The molecule has 3 rings (SSSR count). The third kappa shape index (κ3) is 4.58. The monoisotopic (exact) mass is 486 g/mol. The van der Waals surface area contributed by atoms with E-state index in [1.165, 1.54) is 24.7 Å². The maximum absolute atomic E-state index is 12.9. The van der Waals surface area contributed by atoms with E-state index in [0.717, 1.165) is 21.9 Å². The topological polar surface area (TPSA) is 142 Å². The predicted octanol–water partition coefficient (Wildman–Crippen LogP) is 2.58. The van der Waals surface area contributed by atoms with Gasteiger partial charge in [0, 0.05) is 25.6 Å². The van der Waals surface area contributed by atoms with Crippen LogP contribution in [0.5, 0.6) is 0 Å². The SMILES string of the molecule is Cc1ccc([N+](=O)[O-])c(NC(=O)CSc2nc(C(C)(C)C)nc3c2c(=O)n(C)c(=O)n3C)c1C. The average molecular weight is 487 g/mol. The number of thioether (sulfide) groups is 1. The largest absolute Gasteiger partial charge is 0.332 e. The Labute approximate surface area is 199 Å². The number of nitro benzene ring substituents is 1. The molecule has 2 heterocycles. The summed E-state index contributed by atoms with van der Waals surface area (Å²) in [5, 5.41) is 14.4. The van der Waals surface area contributed by atoms with Crippen molar-refractivity contribution in [2.45, 2.75) is 45.1 Å². The van der Waals surface area contributed by atoms with Gasteiger partial charge in [-0.25, -0.2) is 14.8 Å². The van der Waals surface area contributed by atoms with Crippen molar-refractivity contribution in [3.05, 3.63) is 60.0 Å². The maximum atomic E-state index is 12.9. The fraction of sp³-hybridized carbons (Fsp3) is 0.409. The fourth-order valence-corrected chi connectivity index (χ4v) is 4.10. The Morgan fingerprint density at radius 1 is 1.15 bits per heavy atom. The van der Waals surface area contributed by atoms with Gasteiger partial charge in [-0.2, -0.15) is 0 Å². The van der Waals surface area contributed by atoms with E-state index in [-0.39, 0.29) is 33.2 Å². The number of nitro groups is 1. The third-order valence-electron chi connectivity index (χ3n) is 5.45. The first kappa shape index (κ1) is 25.1. The van der Waals surface area contributed by atoms with E-state index < -0.39 is 27.5 Å². The number of hydrogen-bond acceptors (Lipinski definition) is 8. The molecule has 0 bridgehead atoms. The van der Waals surface area contributed by atoms with Gasteiger partial charge in [0.25, 0.3) is 11.2 Å². The second-order valence-corrected chi connectivity index (χ2v) is 9.97. The molecule has 1 aromatic carbocycles. The number of fused-ring (bicyclic) bond motifs is 1. The summed E-state index contributed by atoms with van der Waals surface area (Å²) in [6.07, 6.45) is 0. The molecule has 0 aliphatic heterocycles. The highest BCUT2D eigenvalue weighted by atomic mass is 32.2. The summed E-state index contributed by atoms with van der Waals surface area (Å²) in [5.74, 6) is -0.240. The molecule has 34 heavy (non-hydrogen) atoms. The number of nitrogens with zero attached hydrogens (tertiary/aromatic N) is 5. The van der Waals surface area contributed by atoms with Gasteiger partial charge in [-0.15, -0.1) is 0 Å². The van der Waals surface area contributed by atoms with Gasteiger partial charge < -0.3 is 5.32 Å². The lowest BCUT2D eigenvalue weighted by atomic mass is 9.96. The Hall–Kier alpha value is -3.54. The number of anilines is 1. The van der Waals surface area contributed by atoms with Gasteiger partial charge >= 0.3 is 5.69 Å². The lowest BCUT2D eigenvalue weighted by Crippen LogP contribution is -2.38. The summed E-state index contributed by atoms with van der Waals surface area (Å²) < 4.78 is 2.24. The summed E-state index contributed by atoms with van der Waals surface area (Å²) in [5.41, 5.74) is -0.0554. The van der Waals surface area contributed by atoms with Crippen molar-refractivity contribution in [2.75, 3.05) is 11.1 Å². The molecule has 2 aromatic heterocycles. The number of rotatable bonds is 5. The van der Waals surface area contributed by atoms with Crippen LogP contribution in [0.2, 0.25) is 0 Å². The van der Waals surface area contributed by atoms with E-state index in [0.29, 0.717) is 11.4 Å². The minimum atomic E-state index is -0.563. The van der Waals surface area contributed by atoms with Crippen LogP contribution in [0.25, 0.3) is 11.0 Å². The van der Waals surface area contributed by atoms with Crippen molar-refractivity contribution in [3.63, 3.8) is 0 Å². The molecule has 1 amide bonds. The van der Waals surface area contributed by atoms with Crippen LogP contribution in [-0.4, -0.2) is 35.7 Å². The number of carbonyl (C=O) groups is 1. The van der Waals surface area contributed by atoms with Crippen LogP contribution in [0, 0.1) is 24.0 Å². The van der Waals surface area contributed by atoms with Gasteiger partial charge in [-0.1, -0.05) is 38.6 Å². The van der Waals surface area contributed by atoms with Gasteiger partial charge in [-0.3, -0.25) is 28.8 Å². The fourth-order valence-electron chi connectivity index (χ4n) is 3.29. The number of carbonyl (C=O) groups excluding carboxylic acids is 1. The smallest absolute Gasteiger partial charge is 0.319 e. The quantitative estimate of drug-likeness (QED) is 0.251. The summed E-state index contributed by atoms with van der Waals surface area (Å²) in [4.78, 5) is 58.0. The van der Waals surface area contributed by atoms with Crippen molar-refractivity contribution in [3.8, 4) is 0 Å². The van der Waals surface area contributed by atoms with Crippen LogP contribution in [0.1, 0.15) is 37.7 Å². The minimum Gasteiger partial charge on any atom is -0.319 e. The number of amides is 1. The number of hydrogen-bond donors (Lipinski definition) is 1. The highest BCUT2D eigenvalue weighted by Gasteiger charge is 2.25. The second kappa shape index (κ2) is 9.01. The van der Waals surface area contributed by atoms with Gasteiger partial charge in [0.1, 0.15) is 21.9 Å². The van der Waals surface area contributed by atoms with E-state index in [4.69, 9.17) is 0 Å². The van der Waals surface area contributed by atoms with E-state index in [1.807, 2.05) is 20.8 Å². The molecular formula is C22H26N6O5S. The molecule has 0 radical (unpaired) electrons. The minimum absolute atomic E-state index is 0.133. The Bertz CT molecular complexity index is 1450. The molecule has 1 N–H and O–H groups in total. The Morgan fingerprint density at radius 3 is 2.38 bits per heavy atom. The molecule has 11 nitrogen and oxygen atoms in total. The maximum Gasteiger partial charge on any atom is 0.332 e. The Morgan fingerprint density at radius 2 is 1.79 bits per heavy atom. The van der Waals surface area contributed by atoms with Crippen LogP contribution in [-0.2, 0) is 24.3 Å². The first-order valence-corrected chi connectivity index (χ1v) is 11.4. The van der Waals surface area contributed by atoms with Crippen molar-refractivity contribution >= 4 is 40.1 Å². The van der Waals surface area contributed by atoms with E-state index in [1.54, 1.807) is 19.9 Å². The average Bonchev–Trinajstić information content (AvgIpc) is 2.76. The zero-order valence-electron chi connectivity index (χ0n) is 20.0. The predicted molar refractivity (Wildman–Crippen MR) is 131 cm³/mol. The molecular weight excluding hydrogens is 460 g/mol. The standard InChI is InChI=1S/C22H26N6O5S/c1-11-8-9-13(28(32)33)16(12(11)2)23-14(29)10-34-18-15-17(24-20(25-18)22(3,4)5)26(6)21(31)27(7)19(15)30/h8-9H,10H2,1-7H3,(H,23,29). The van der Waals surface area contributed by atoms with Crippen LogP contribution < -0.4 is 16.6 Å². The summed E-state index contributed by atoms with van der Waals surface area (Å²) in [7, 11) is 2.88. The summed E-state index contributed by atoms with van der Waals surface area (Å²) in [6.45, 7) is 9.18. The van der Waals surface area contributed by atoms with Crippen molar-refractivity contribution in [2.24, 2.45) is 14.1 Å². The third-order valence-corrected chi connectivity index (χ3v) is 6.43. The van der Waals surface area contributed by atoms with E-state index in [9.17, 15) is 24.5 Å². The van der Waals surface area contributed by atoms with Crippen molar-refractivity contribution in [1.29, 1.82) is 0 Å². The molecule has 3 aromatic rings. The van der Waals surface area contributed by atoms with Crippen LogP contribution >= 0.6 is 11.8 Å².